The number of aromatic nitrogens is 1. The minimum atomic E-state index is 0.364. The molecule has 0 aliphatic heterocycles. The van der Waals surface area contributed by atoms with Gasteiger partial charge in [0.15, 0.2) is 11.7 Å². The number of hydrogen-bond acceptors (Lipinski definition) is 4. The molecule has 25 heavy (non-hydrogen) atoms. The van der Waals surface area contributed by atoms with E-state index in [4.69, 9.17) is 9.26 Å². The number of guanidine groups is 1. The number of rotatable bonds is 10. The maximum Gasteiger partial charge on any atom is 0.191 e. The van der Waals surface area contributed by atoms with Crippen LogP contribution in [0.25, 0.3) is 0 Å². The van der Waals surface area contributed by atoms with Crippen LogP contribution in [0.15, 0.2) is 15.6 Å². The topological polar surface area (TPSA) is 71.7 Å². The van der Waals surface area contributed by atoms with Crippen LogP contribution in [0, 0.1) is 5.41 Å². The van der Waals surface area contributed by atoms with Crippen LogP contribution < -0.4 is 10.6 Å². The molecule has 6 heteroatoms. The van der Waals surface area contributed by atoms with Crippen LogP contribution in [-0.2, 0) is 11.3 Å². The molecule has 0 spiro atoms. The molecule has 1 fully saturated rings. The van der Waals surface area contributed by atoms with E-state index in [1.54, 1.807) is 14.2 Å². The van der Waals surface area contributed by atoms with Gasteiger partial charge in [0.05, 0.1) is 12.2 Å². The number of ether oxygens (including phenoxy) is 1. The highest BCUT2D eigenvalue weighted by molar-refractivity contribution is 5.79. The van der Waals surface area contributed by atoms with Crippen molar-refractivity contribution in [3.63, 3.8) is 0 Å². The van der Waals surface area contributed by atoms with E-state index in [1.165, 1.54) is 19.3 Å². The van der Waals surface area contributed by atoms with E-state index in [0.717, 1.165) is 49.8 Å². The summed E-state index contributed by atoms with van der Waals surface area (Å²) < 4.78 is 10.7. The predicted octanol–water partition coefficient (Wildman–Crippen LogP) is 3.45. The lowest BCUT2D eigenvalue weighted by Gasteiger charge is -2.42. The zero-order valence-electron chi connectivity index (χ0n) is 16.2. The monoisotopic (exact) mass is 350 g/mol. The first kappa shape index (κ1) is 19.8. The average molecular weight is 351 g/mol. The molecule has 0 radical (unpaired) electrons. The Hall–Kier alpha value is -1.56. The summed E-state index contributed by atoms with van der Waals surface area (Å²) in [7, 11) is 3.57. The van der Waals surface area contributed by atoms with Gasteiger partial charge in [0.2, 0.25) is 0 Å². The maximum atomic E-state index is 5.46. The molecule has 0 amide bonds. The summed E-state index contributed by atoms with van der Waals surface area (Å²) in [5, 5.41) is 11.0. The van der Waals surface area contributed by atoms with Gasteiger partial charge in [0.25, 0.3) is 0 Å². The SMILES string of the molecule is CCC(CC)c1cc(CNC(=NC)NCC2(CCOC)CCC2)on1. The third kappa shape index (κ3) is 5.46. The first-order chi connectivity index (χ1) is 12.2. The third-order valence-electron chi connectivity index (χ3n) is 5.52. The Labute approximate surface area is 151 Å². The second kappa shape index (κ2) is 9.80. The Kier molecular flexibility index (Phi) is 7.75. The molecule has 2 N–H and O–H groups in total. The van der Waals surface area contributed by atoms with Crippen LogP contribution in [0.2, 0.25) is 0 Å². The van der Waals surface area contributed by atoms with Crippen molar-refractivity contribution in [1.29, 1.82) is 0 Å². The van der Waals surface area contributed by atoms with E-state index >= 15 is 0 Å². The van der Waals surface area contributed by atoms with E-state index in [-0.39, 0.29) is 0 Å². The first-order valence-electron chi connectivity index (χ1n) is 9.55. The Morgan fingerprint density at radius 3 is 2.68 bits per heavy atom. The lowest BCUT2D eigenvalue weighted by Crippen LogP contribution is -2.46. The molecular formula is C19H34N4O2. The minimum Gasteiger partial charge on any atom is -0.385 e. The van der Waals surface area contributed by atoms with Gasteiger partial charge in [-0.1, -0.05) is 25.4 Å². The number of hydrogen-bond donors (Lipinski definition) is 2. The summed E-state index contributed by atoms with van der Waals surface area (Å²) in [5.74, 6) is 2.14. The molecule has 1 aliphatic rings. The van der Waals surface area contributed by atoms with Crippen LogP contribution in [-0.4, -0.2) is 38.4 Å². The highest BCUT2D eigenvalue weighted by atomic mass is 16.5. The van der Waals surface area contributed by atoms with Crippen molar-refractivity contribution in [3.05, 3.63) is 17.5 Å². The van der Waals surface area contributed by atoms with Gasteiger partial charge in [0.1, 0.15) is 0 Å². The Morgan fingerprint density at radius 1 is 1.36 bits per heavy atom. The summed E-state index contributed by atoms with van der Waals surface area (Å²) in [6, 6.07) is 2.06. The van der Waals surface area contributed by atoms with Crippen molar-refractivity contribution < 1.29 is 9.26 Å². The van der Waals surface area contributed by atoms with Crippen LogP contribution in [0.5, 0.6) is 0 Å². The van der Waals surface area contributed by atoms with Crippen molar-refractivity contribution in [1.82, 2.24) is 15.8 Å². The predicted molar refractivity (Wildman–Crippen MR) is 101 cm³/mol. The molecule has 6 nitrogen and oxygen atoms in total. The zero-order valence-corrected chi connectivity index (χ0v) is 16.2. The van der Waals surface area contributed by atoms with Gasteiger partial charge < -0.3 is 19.9 Å². The normalized spacial score (nSPS) is 16.8. The van der Waals surface area contributed by atoms with Gasteiger partial charge in [0, 0.05) is 39.3 Å². The second-order valence-corrected chi connectivity index (χ2v) is 7.11. The van der Waals surface area contributed by atoms with Gasteiger partial charge in [-0.2, -0.15) is 0 Å². The number of methoxy groups -OCH3 is 1. The minimum absolute atomic E-state index is 0.364. The van der Waals surface area contributed by atoms with Crippen molar-refractivity contribution in [3.8, 4) is 0 Å². The Bertz CT molecular complexity index is 533. The largest absolute Gasteiger partial charge is 0.385 e. The molecule has 0 saturated heterocycles. The molecule has 0 aromatic carbocycles. The lowest BCUT2D eigenvalue weighted by atomic mass is 9.67. The summed E-state index contributed by atoms with van der Waals surface area (Å²) in [6.45, 7) is 6.73. The van der Waals surface area contributed by atoms with E-state index in [0.29, 0.717) is 17.9 Å². The lowest BCUT2D eigenvalue weighted by molar-refractivity contribution is 0.0732. The van der Waals surface area contributed by atoms with Gasteiger partial charge in [-0.3, -0.25) is 4.99 Å². The van der Waals surface area contributed by atoms with Crippen molar-refractivity contribution >= 4 is 5.96 Å². The molecule has 1 saturated carbocycles. The molecule has 1 aromatic rings. The molecule has 0 atom stereocenters. The first-order valence-corrected chi connectivity index (χ1v) is 9.55. The molecule has 1 aromatic heterocycles. The average Bonchev–Trinajstić information content (AvgIpc) is 3.06. The molecule has 1 heterocycles. The van der Waals surface area contributed by atoms with E-state index in [1.807, 2.05) is 0 Å². The summed E-state index contributed by atoms with van der Waals surface area (Å²) in [6.07, 6.45) is 7.12. The van der Waals surface area contributed by atoms with Crippen LogP contribution in [0.1, 0.15) is 69.7 Å². The molecule has 1 aliphatic carbocycles. The van der Waals surface area contributed by atoms with Crippen molar-refractivity contribution in [2.24, 2.45) is 10.4 Å². The van der Waals surface area contributed by atoms with E-state index < -0.39 is 0 Å². The fraction of sp³-hybridized carbons (Fsp3) is 0.789. The van der Waals surface area contributed by atoms with Crippen molar-refractivity contribution in [2.45, 2.75) is 64.8 Å². The quantitative estimate of drug-likeness (QED) is 0.499. The van der Waals surface area contributed by atoms with Crippen LogP contribution >= 0.6 is 0 Å². The van der Waals surface area contributed by atoms with Crippen LogP contribution in [0.3, 0.4) is 0 Å². The fourth-order valence-corrected chi connectivity index (χ4v) is 3.48. The maximum absolute atomic E-state index is 5.46. The second-order valence-electron chi connectivity index (χ2n) is 7.11. The standard InChI is InChI=1S/C19H34N4O2/c1-5-15(6-2)17-12-16(25-23-17)13-21-18(20-3)22-14-19(8-7-9-19)10-11-24-4/h12,15H,5-11,13-14H2,1-4H3,(H2,20,21,22). The number of aliphatic imine (C=N–C) groups is 1. The summed E-state index contributed by atoms with van der Waals surface area (Å²) in [5.41, 5.74) is 1.42. The fourth-order valence-electron chi connectivity index (χ4n) is 3.48. The number of nitrogens with one attached hydrogen (secondary N) is 2. The highest BCUT2D eigenvalue weighted by Crippen LogP contribution is 2.43. The molecule has 0 unspecified atom stereocenters. The van der Waals surface area contributed by atoms with Gasteiger partial charge >= 0.3 is 0 Å². The van der Waals surface area contributed by atoms with E-state index in [2.05, 4.69) is 40.7 Å². The molecule has 0 bridgehead atoms. The Balaban J connectivity index is 1.80. The van der Waals surface area contributed by atoms with Crippen LogP contribution in [0.4, 0.5) is 0 Å². The van der Waals surface area contributed by atoms with E-state index in [9.17, 15) is 0 Å². The molecule has 142 valence electrons. The summed E-state index contributed by atoms with van der Waals surface area (Å²) >= 11 is 0. The third-order valence-corrected chi connectivity index (χ3v) is 5.52. The molecular weight excluding hydrogens is 316 g/mol. The highest BCUT2D eigenvalue weighted by Gasteiger charge is 2.36. The van der Waals surface area contributed by atoms with Gasteiger partial charge in [-0.25, -0.2) is 0 Å². The Morgan fingerprint density at radius 2 is 2.12 bits per heavy atom. The van der Waals surface area contributed by atoms with Crippen molar-refractivity contribution in [2.75, 3.05) is 27.3 Å². The van der Waals surface area contributed by atoms with Gasteiger partial charge in [-0.05, 0) is 37.5 Å². The number of nitrogens with zero attached hydrogens (tertiary/aromatic N) is 2. The van der Waals surface area contributed by atoms with Gasteiger partial charge in [-0.15, -0.1) is 0 Å². The zero-order chi connectivity index (χ0) is 18.1. The molecule has 2 rings (SSSR count). The smallest absolute Gasteiger partial charge is 0.191 e. The summed E-state index contributed by atoms with van der Waals surface area (Å²) in [4.78, 5) is 4.32.